The summed E-state index contributed by atoms with van der Waals surface area (Å²) in [6.45, 7) is 0.689. The quantitative estimate of drug-likeness (QED) is 0.454. The Labute approximate surface area is 182 Å². The maximum atomic E-state index is 12.1. The lowest BCUT2D eigenvalue weighted by molar-refractivity contribution is -0.137. The predicted octanol–water partition coefficient (Wildman–Crippen LogP) is 5.46. The Bertz CT molecular complexity index is 910. The highest BCUT2D eigenvalue weighted by molar-refractivity contribution is 7.88. The minimum absolute atomic E-state index is 0.150. The molecular weight excluding hydrogens is 433 g/mol. The lowest BCUT2D eigenvalue weighted by atomic mass is 10.0. The highest BCUT2D eigenvalue weighted by Crippen LogP contribution is 2.34. The predicted molar refractivity (Wildman–Crippen MR) is 118 cm³/mol. The molecule has 1 N–H and O–H groups in total. The van der Waals surface area contributed by atoms with E-state index in [4.69, 9.17) is 28.3 Å². The van der Waals surface area contributed by atoms with Crippen LogP contribution in [0.15, 0.2) is 42.5 Å². The van der Waals surface area contributed by atoms with Crippen molar-refractivity contribution in [2.75, 3.05) is 12.8 Å². The van der Waals surface area contributed by atoms with Crippen molar-refractivity contribution in [2.24, 2.45) is 0 Å². The summed E-state index contributed by atoms with van der Waals surface area (Å²) in [5, 5.41) is 9.77. The number of halogens is 2. The Kier molecular flexibility index (Phi) is 8.96. The first-order chi connectivity index (χ1) is 13.7. The zero-order valence-corrected chi connectivity index (χ0v) is 18.6. The van der Waals surface area contributed by atoms with E-state index >= 15 is 0 Å². The Hall–Kier alpha value is -1.60. The van der Waals surface area contributed by atoms with E-state index in [9.17, 15) is 13.2 Å². The smallest absolute Gasteiger partial charge is 0.303 e. The standard InChI is InChI=1S/C21H25Cl2NO4S/c1-29(27,28)24(14-5-3-2-4-9-20(25)26)15-16-10-12-17(13-11-16)21-18(22)7-6-8-19(21)23/h6-8,10-13H,2-5,9,14-15H2,1H3,(H,25,26). The van der Waals surface area contributed by atoms with Gasteiger partial charge in [-0.1, -0.05) is 66.4 Å². The zero-order valence-electron chi connectivity index (χ0n) is 16.3. The Morgan fingerprint density at radius 2 is 1.55 bits per heavy atom. The number of carboxylic acids is 1. The third-order valence-corrected chi connectivity index (χ3v) is 6.46. The van der Waals surface area contributed by atoms with Gasteiger partial charge in [0.1, 0.15) is 0 Å². The molecule has 0 saturated heterocycles. The van der Waals surface area contributed by atoms with Gasteiger partial charge in [-0.3, -0.25) is 4.79 Å². The highest BCUT2D eigenvalue weighted by Gasteiger charge is 2.17. The number of benzene rings is 2. The van der Waals surface area contributed by atoms with E-state index < -0.39 is 16.0 Å². The summed E-state index contributed by atoms with van der Waals surface area (Å²) in [4.78, 5) is 10.5. The molecule has 0 atom stereocenters. The van der Waals surface area contributed by atoms with Gasteiger partial charge in [0.2, 0.25) is 10.0 Å². The molecule has 0 heterocycles. The molecule has 0 aliphatic rings. The van der Waals surface area contributed by atoms with Crippen LogP contribution in [0.1, 0.15) is 37.7 Å². The van der Waals surface area contributed by atoms with Crippen LogP contribution in [0.4, 0.5) is 0 Å². The van der Waals surface area contributed by atoms with Crippen molar-refractivity contribution in [3.05, 3.63) is 58.1 Å². The topological polar surface area (TPSA) is 74.7 Å². The fourth-order valence-corrected chi connectivity index (χ4v) is 4.49. The summed E-state index contributed by atoms with van der Waals surface area (Å²) in [5.41, 5.74) is 2.49. The van der Waals surface area contributed by atoms with Crippen molar-refractivity contribution in [1.29, 1.82) is 0 Å². The molecule has 8 heteroatoms. The second kappa shape index (κ2) is 11.0. The van der Waals surface area contributed by atoms with Crippen LogP contribution in [0, 0.1) is 0 Å². The van der Waals surface area contributed by atoms with E-state index in [1.807, 2.05) is 24.3 Å². The first kappa shape index (κ1) is 23.7. The monoisotopic (exact) mass is 457 g/mol. The molecule has 0 amide bonds. The number of hydrogen-bond acceptors (Lipinski definition) is 3. The zero-order chi connectivity index (χ0) is 21.4. The van der Waals surface area contributed by atoms with Gasteiger partial charge < -0.3 is 5.11 Å². The molecular formula is C21H25Cl2NO4S. The molecule has 0 aliphatic heterocycles. The third-order valence-electron chi connectivity index (χ3n) is 4.58. The third kappa shape index (κ3) is 7.63. The van der Waals surface area contributed by atoms with Crippen molar-refractivity contribution < 1.29 is 18.3 Å². The van der Waals surface area contributed by atoms with Crippen molar-refractivity contribution >= 4 is 39.2 Å². The maximum absolute atomic E-state index is 12.1. The number of rotatable bonds is 11. The van der Waals surface area contributed by atoms with E-state index in [0.717, 1.165) is 29.5 Å². The van der Waals surface area contributed by atoms with Crippen molar-refractivity contribution in [3.63, 3.8) is 0 Å². The summed E-state index contributed by atoms with van der Waals surface area (Å²) in [5.74, 6) is -0.802. The molecule has 0 aromatic heterocycles. The summed E-state index contributed by atoms with van der Waals surface area (Å²) in [6, 6.07) is 12.9. The number of sulfonamides is 1. The molecule has 0 spiro atoms. The number of aliphatic carboxylic acids is 1. The molecule has 0 saturated carbocycles. The lowest BCUT2D eigenvalue weighted by Gasteiger charge is -2.20. The fourth-order valence-electron chi connectivity index (χ4n) is 3.03. The van der Waals surface area contributed by atoms with Crippen LogP contribution < -0.4 is 0 Å². The molecule has 5 nitrogen and oxygen atoms in total. The number of carbonyl (C=O) groups is 1. The van der Waals surface area contributed by atoms with Crippen molar-refractivity contribution in [3.8, 4) is 11.1 Å². The average Bonchev–Trinajstić information content (AvgIpc) is 2.63. The Morgan fingerprint density at radius 1 is 0.966 bits per heavy atom. The average molecular weight is 458 g/mol. The van der Waals surface area contributed by atoms with Crippen LogP contribution >= 0.6 is 23.2 Å². The molecule has 2 aromatic rings. The first-order valence-electron chi connectivity index (χ1n) is 9.38. The molecule has 0 bridgehead atoms. The van der Waals surface area contributed by atoms with Gasteiger partial charge in [0.25, 0.3) is 0 Å². The van der Waals surface area contributed by atoms with Crippen molar-refractivity contribution in [1.82, 2.24) is 4.31 Å². The SMILES string of the molecule is CS(=O)(=O)N(CCCCCCC(=O)O)Cc1ccc(-c2c(Cl)cccc2Cl)cc1. The van der Waals surface area contributed by atoms with Gasteiger partial charge in [-0.25, -0.2) is 8.42 Å². The van der Waals surface area contributed by atoms with E-state index in [-0.39, 0.29) is 13.0 Å². The van der Waals surface area contributed by atoms with Gasteiger partial charge >= 0.3 is 5.97 Å². The largest absolute Gasteiger partial charge is 0.481 e. The molecule has 0 aliphatic carbocycles. The van der Waals surface area contributed by atoms with Gasteiger partial charge in [-0.05, 0) is 36.1 Å². The summed E-state index contributed by atoms with van der Waals surface area (Å²) >= 11 is 12.5. The minimum atomic E-state index is -3.35. The number of nitrogens with zero attached hydrogens (tertiary/aromatic N) is 1. The lowest BCUT2D eigenvalue weighted by Crippen LogP contribution is -2.30. The summed E-state index contributed by atoms with van der Waals surface area (Å²) in [6.07, 6.45) is 4.23. The number of carboxylic acid groups (broad SMARTS) is 1. The van der Waals surface area contributed by atoms with Gasteiger partial charge in [-0.15, -0.1) is 0 Å². The highest BCUT2D eigenvalue weighted by atomic mass is 35.5. The normalized spacial score (nSPS) is 11.7. The van der Waals surface area contributed by atoms with Crippen LogP contribution in [0.5, 0.6) is 0 Å². The van der Waals surface area contributed by atoms with E-state index in [0.29, 0.717) is 29.4 Å². The second-order valence-electron chi connectivity index (χ2n) is 6.95. The van der Waals surface area contributed by atoms with Crippen LogP contribution in [0.25, 0.3) is 11.1 Å². The number of hydrogen-bond donors (Lipinski definition) is 1. The van der Waals surface area contributed by atoms with E-state index in [1.165, 1.54) is 10.6 Å². The number of unbranched alkanes of at least 4 members (excludes halogenated alkanes) is 3. The molecule has 0 fully saturated rings. The second-order valence-corrected chi connectivity index (χ2v) is 9.74. The minimum Gasteiger partial charge on any atom is -0.481 e. The van der Waals surface area contributed by atoms with Crippen molar-refractivity contribution in [2.45, 2.75) is 38.6 Å². The molecule has 0 unspecified atom stereocenters. The molecule has 158 valence electrons. The molecule has 2 rings (SSSR count). The molecule has 29 heavy (non-hydrogen) atoms. The molecule has 0 radical (unpaired) electrons. The van der Waals surface area contributed by atoms with E-state index in [2.05, 4.69) is 0 Å². The fraction of sp³-hybridized carbons (Fsp3) is 0.381. The summed E-state index contributed by atoms with van der Waals surface area (Å²) in [7, 11) is -3.35. The van der Waals surface area contributed by atoms with E-state index in [1.54, 1.807) is 18.2 Å². The maximum Gasteiger partial charge on any atom is 0.303 e. The van der Waals surface area contributed by atoms with Gasteiger partial charge in [0.05, 0.1) is 6.26 Å². The summed E-state index contributed by atoms with van der Waals surface area (Å²) < 4.78 is 25.7. The van der Waals surface area contributed by atoms with Gasteiger partial charge in [0, 0.05) is 35.1 Å². The van der Waals surface area contributed by atoms with Crippen LogP contribution in [0.3, 0.4) is 0 Å². The van der Waals surface area contributed by atoms with Crippen LogP contribution in [0.2, 0.25) is 10.0 Å². The van der Waals surface area contributed by atoms with Crippen LogP contribution in [-0.2, 0) is 21.4 Å². The Balaban J connectivity index is 2.00. The first-order valence-corrected chi connectivity index (χ1v) is 12.0. The molecule has 2 aromatic carbocycles. The van der Waals surface area contributed by atoms with Gasteiger partial charge in [0.15, 0.2) is 0 Å². The van der Waals surface area contributed by atoms with Crippen LogP contribution in [-0.4, -0.2) is 36.6 Å². The van der Waals surface area contributed by atoms with Gasteiger partial charge in [-0.2, -0.15) is 4.31 Å². The Morgan fingerprint density at radius 3 is 2.10 bits per heavy atom.